The minimum absolute atomic E-state index is 0.159. The van der Waals surface area contributed by atoms with Crippen LogP contribution in [-0.4, -0.2) is 0 Å². The molecule has 0 atom stereocenters. The highest BCUT2D eigenvalue weighted by atomic mass is 31.2. The second-order valence-electron chi connectivity index (χ2n) is 14.9. The van der Waals surface area contributed by atoms with Crippen LogP contribution in [0.4, 0.5) is 0 Å². The zero-order valence-electron chi connectivity index (χ0n) is 29.5. The van der Waals surface area contributed by atoms with Crippen LogP contribution in [0.25, 0.3) is 22.3 Å². The number of hydrogen-bond acceptors (Lipinski definition) is 1. The van der Waals surface area contributed by atoms with Crippen LogP contribution in [0.2, 0.25) is 0 Å². The smallest absolute Gasteiger partial charge is 0.171 e. The van der Waals surface area contributed by atoms with Crippen molar-refractivity contribution in [2.24, 2.45) is 0 Å². The van der Waals surface area contributed by atoms with E-state index in [0.29, 0.717) is 0 Å². The molecular formula is C48H40OP2. The monoisotopic (exact) mass is 694 g/mol. The summed E-state index contributed by atoms with van der Waals surface area (Å²) in [6.07, 6.45) is 0. The standard InChI is InChI=1S/C48H40OP2/c1-47(2)43-29-35(50(33-17-9-5-10-18-33)34-19-11-6-12-20-34)25-27-39(43)41-31-46-42(32-45(41)47)40-28-26-38(30-44(40)48(46,3)4)51(49,36-21-13-7-14-22-36)37-23-15-8-16-24-37/h5-32H,1-4H3. The first-order valence-electron chi connectivity index (χ1n) is 17.8. The summed E-state index contributed by atoms with van der Waals surface area (Å²) in [4.78, 5) is 0. The Morgan fingerprint density at radius 2 is 0.765 bits per heavy atom. The van der Waals surface area contributed by atoms with Gasteiger partial charge in [-0.05, 0) is 92.6 Å². The van der Waals surface area contributed by atoms with Crippen LogP contribution in [0.5, 0.6) is 0 Å². The van der Waals surface area contributed by atoms with Crippen molar-refractivity contribution in [3.63, 3.8) is 0 Å². The van der Waals surface area contributed by atoms with E-state index in [1.54, 1.807) is 0 Å². The summed E-state index contributed by atoms with van der Waals surface area (Å²) in [5.74, 6) is 0. The molecule has 7 aromatic rings. The Balaban J connectivity index is 1.16. The quantitative estimate of drug-likeness (QED) is 0.159. The Labute approximate surface area is 303 Å². The van der Waals surface area contributed by atoms with Gasteiger partial charge in [-0.1, -0.05) is 173 Å². The molecule has 0 heterocycles. The fourth-order valence-electron chi connectivity index (χ4n) is 8.60. The van der Waals surface area contributed by atoms with Gasteiger partial charge in [0.1, 0.15) is 0 Å². The third-order valence-electron chi connectivity index (χ3n) is 11.3. The molecule has 9 rings (SSSR count). The van der Waals surface area contributed by atoms with Gasteiger partial charge in [-0.2, -0.15) is 0 Å². The number of benzene rings is 7. The maximum absolute atomic E-state index is 15.3. The first kappa shape index (κ1) is 32.1. The van der Waals surface area contributed by atoms with Crippen LogP contribution in [-0.2, 0) is 15.4 Å². The average molecular weight is 695 g/mol. The second kappa shape index (κ2) is 11.9. The lowest BCUT2D eigenvalue weighted by Crippen LogP contribution is -2.26. The van der Waals surface area contributed by atoms with Crippen LogP contribution in [0, 0.1) is 0 Å². The van der Waals surface area contributed by atoms with Crippen molar-refractivity contribution in [3.05, 3.63) is 192 Å². The molecule has 0 saturated heterocycles. The molecule has 0 amide bonds. The molecule has 2 aliphatic rings. The van der Waals surface area contributed by atoms with E-state index < -0.39 is 15.1 Å². The largest absolute Gasteiger partial charge is 0.309 e. The Morgan fingerprint density at radius 3 is 1.24 bits per heavy atom. The van der Waals surface area contributed by atoms with Crippen LogP contribution >= 0.6 is 15.1 Å². The van der Waals surface area contributed by atoms with E-state index in [9.17, 15) is 0 Å². The van der Waals surface area contributed by atoms with Crippen molar-refractivity contribution < 1.29 is 4.57 Å². The topological polar surface area (TPSA) is 17.1 Å². The molecule has 0 spiro atoms. The molecule has 0 radical (unpaired) electrons. The summed E-state index contributed by atoms with van der Waals surface area (Å²) < 4.78 is 15.3. The molecule has 0 unspecified atom stereocenters. The van der Waals surface area contributed by atoms with Crippen LogP contribution in [0.15, 0.2) is 170 Å². The second-order valence-corrected chi connectivity index (χ2v) is 19.9. The van der Waals surface area contributed by atoms with Crippen molar-refractivity contribution in [2.45, 2.75) is 38.5 Å². The highest BCUT2D eigenvalue weighted by Crippen LogP contribution is 2.57. The maximum atomic E-state index is 15.3. The van der Waals surface area contributed by atoms with Crippen molar-refractivity contribution in [1.29, 1.82) is 0 Å². The first-order valence-corrected chi connectivity index (χ1v) is 20.8. The van der Waals surface area contributed by atoms with Gasteiger partial charge >= 0.3 is 0 Å². The van der Waals surface area contributed by atoms with Gasteiger partial charge in [-0.3, -0.25) is 0 Å². The highest BCUT2D eigenvalue weighted by molar-refractivity contribution is 7.85. The highest BCUT2D eigenvalue weighted by Gasteiger charge is 2.43. The van der Waals surface area contributed by atoms with Crippen molar-refractivity contribution >= 4 is 46.9 Å². The molecule has 0 N–H and O–H groups in total. The predicted octanol–water partition coefficient (Wildman–Crippen LogP) is 9.70. The summed E-state index contributed by atoms with van der Waals surface area (Å²) in [6.45, 7) is 9.45. The Morgan fingerprint density at radius 1 is 0.373 bits per heavy atom. The van der Waals surface area contributed by atoms with E-state index in [4.69, 9.17) is 0 Å². The van der Waals surface area contributed by atoms with Gasteiger partial charge in [0.15, 0.2) is 7.14 Å². The summed E-state index contributed by atoms with van der Waals surface area (Å²) in [5, 5.41) is 6.74. The lowest BCUT2D eigenvalue weighted by Gasteiger charge is -2.26. The predicted molar refractivity (Wildman–Crippen MR) is 220 cm³/mol. The zero-order valence-corrected chi connectivity index (χ0v) is 31.3. The Bertz CT molecular complexity index is 2400. The lowest BCUT2D eigenvalue weighted by atomic mass is 9.79. The molecule has 7 aromatic carbocycles. The molecule has 0 aliphatic heterocycles. The molecule has 0 aromatic heterocycles. The SMILES string of the molecule is CC1(C)c2cc(P(c3ccccc3)c3ccccc3)ccc2-c2cc3c(cc21)-c1ccc(P(=O)(c2ccccc2)c2ccccc2)cc1C3(C)C. The van der Waals surface area contributed by atoms with E-state index >= 15 is 4.57 Å². The molecule has 2 aliphatic carbocycles. The molecule has 0 saturated carbocycles. The number of rotatable bonds is 6. The molecule has 51 heavy (non-hydrogen) atoms. The van der Waals surface area contributed by atoms with Gasteiger partial charge in [0.05, 0.1) is 0 Å². The fourth-order valence-corrected chi connectivity index (χ4v) is 13.6. The molecule has 0 bridgehead atoms. The number of hydrogen-bond donors (Lipinski definition) is 0. The Hall–Kier alpha value is -4.80. The van der Waals surface area contributed by atoms with E-state index in [1.807, 2.05) is 60.7 Å². The van der Waals surface area contributed by atoms with Gasteiger partial charge in [0, 0.05) is 26.7 Å². The average Bonchev–Trinajstić information content (AvgIpc) is 3.53. The van der Waals surface area contributed by atoms with E-state index in [2.05, 4.69) is 137 Å². The molecule has 248 valence electrons. The van der Waals surface area contributed by atoms with E-state index in [0.717, 1.165) is 15.9 Å². The minimum atomic E-state index is -3.09. The van der Waals surface area contributed by atoms with Gasteiger partial charge in [-0.15, -0.1) is 0 Å². The minimum Gasteiger partial charge on any atom is -0.309 e. The maximum Gasteiger partial charge on any atom is 0.171 e. The van der Waals surface area contributed by atoms with Crippen LogP contribution in [0.1, 0.15) is 49.9 Å². The molecule has 3 heteroatoms. The van der Waals surface area contributed by atoms with Crippen molar-refractivity contribution in [2.75, 3.05) is 0 Å². The lowest BCUT2D eigenvalue weighted by molar-refractivity contribution is 0.592. The third-order valence-corrected chi connectivity index (χ3v) is 16.8. The van der Waals surface area contributed by atoms with Crippen molar-refractivity contribution in [3.8, 4) is 22.3 Å². The summed E-state index contributed by atoms with van der Waals surface area (Å²) in [5.41, 5.74) is 10.2. The van der Waals surface area contributed by atoms with Gasteiger partial charge in [0.25, 0.3) is 0 Å². The molecule has 0 fully saturated rings. The van der Waals surface area contributed by atoms with Gasteiger partial charge in [-0.25, -0.2) is 0 Å². The summed E-state index contributed by atoms with van der Waals surface area (Å²) in [6, 6.07) is 60.8. The van der Waals surface area contributed by atoms with Gasteiger partial charge in [0.2, 0.25) is 0 Å². The van der Waals surface area contributed by atoms with E-state index in [-0.39, 0.29) is 10.8 Å². The summed E-state index contributed by atoms with van der Waals surface area (Å²) in [7, 11) is -3.79. The normalized spacial score (nSPS) is 14.8. The van der Waals surface area contributed by atoms with E-state index in [1.165, 1.54) is 60.4 Å². The van der Waals surface area contributed by atoms with Crippen LogP contribution < -0.4 is 31.8 Å². The molecule has 1 nitrogen and oxygen atoms in total. The summed E-state index contributed by atoms with van der Waals surface area (Å²) >= 11 is 0. The number of fused-ring (bicyclic) bond motifs is 6. The van der Waals surface area contributed by atoms with Crippen molar-refractivity contribution in [1.82, 2.24) is 0 Å². The zero-order chi connectivity index (χ0) is 35.0. The first-order chi connectivity index (χ1) is 24.7. The fraction of sp³-hybridized carbons (Fsp3) is 0.125. The van der Waals surface area contributed by atoms with Gasteiger partial charge < -0.3 is 4.57 Å². The Kier molecular flexibility index (Phi) is 7.49. The molecular weight excluding hydrogens is 654 g/mol. The van der Waals surface area contributed by atoms with Crippen LogP contribution in [0.3, 0.4) is 0 Å². The third kappa shape index (κ3) is 4.90.